The Morgan fingerprint density at radius 1 is 1.41 bits per heavy atom. The maximum Gasteiger partial charge on any atom is 0.223 e. The molecular weight excluding hydrogens is 221 g/mol. The molecule has 1 heterocycles. The van der Waals surface area contributed by atoms with Gasteiger partial charge in [0.1, 0.15) is 5.82 Å². The smallest absolute Gasteiger partial charge is 0.223 e. The highest BCUT2D eigenvalue weighted by Gasteiger charge is 2.28. The van der Waals surface area contributed by atoms with Crippen molar-refractivity contribution in [1.29, 1.82) is 0 Å². The van der Waals surface area contributed by atoms with Gasteiger partial charge in [0.15, 0.2) is 5.82 Å². The van der Waals surface area contributed by atoms with Gasteiger partial charge in [-0.3, -0.25) is 0 Å². The Balaban J connectivity index is 2.26. The Labute approximate surface area is 98.6 Å². The fourth-order valence-corrected chi connectivity index (χ4v) is 1.65. The van der Waals surface area contributed by atoms with Crippen molar-refractivity contribution < 1.29 is 8.91 Å². The predicted octanol–water partition coefficient (Wildman–Crippen LogP) is 1.93. The van der Waals surface area contributed by atoms with E-state index < -0.39 is 5.54 Å². The molecule has 17 heavy (non-hydrogen) atoms. The molecule has 90 valence electrons. The van der Waals surface area contributed by atoms with Gasteiger partial charge in [-0.2, -0.15) is 4.98 Å². The fraction of sp³-hybridized carbons (Fsp3) is 0.333. The topological polar surface area (TPSA) is 64.9 Å². The van der Waals surface area contributed by atoms with Gasteiger partial charge < -0.3 is 10.3 Å². The summed E-state index contributed by atoms with van der Waals surface area (Å²) in [6.45, 7) is 3.44. The van der Waals surface area contributed by atoms with Gasteiger partial charge >= 0.3 is 0 Å². The minimum Gasteiger partial charge on any atom is -0.340 e. The van der Waals surface area contributed by atoms with Crippen LogP contribution in [0.4, 0.5) is 4.39 Å². The molecule has 0 bridgehead atoms. The Bertz CT molecular complexity index is 522. The fourth-order valence-electron chi connectivity index (χ4n) is 1.65. The molecule has 1 unspecified atom stereocenters. The lowest BCUT2D eigenvalue weighted by atomic mass is 9.93. The van der Waals surface area contributed by atoms with Crippen molar-refractivity contribution in [1.82, 2.24) is 10.1 Å². The van der Waals surface area contributed by atoms with Gasteiger partial charge in [-0.25, -0.2) is 4.39 Å². The SMILES string of the molecule is Cc1nc(C(C)(N)Cc2ccccc2F)no1. The number of nitrogens with two attached hydrogens (primary N) is 1. The Morgan fingerprint density at radius 2 is 2.12 bits per heavy atom. The van der Waals surface area contributed by atoms with Crippen LogP contribution in [-0.2, 0) is 12.0 Å². The Hall–Kier alpha value is -1.75. The third-order valence-electron chi connectivity index (χ3n) is 2.55. The van der Waals surface area contributed by atoms with Crippen LogP contribution >= 0.6 is 0 Å². The summed E-state index contributed by atoms with van der Waals surface area (Å²) in [5, 5.41) is 3.78. The number of aryl methyl sites for hydroxylation is 1. The zero-order valence-electron chi connectivity index (χ0n) is 9.77. The van der Waals surface area contributed by atoms with Gasteiger partial charge in [0.2, 0.25) is 5.89 Å². The average molecular weight is 235 g/mol. The van der Waals surface area contributed by atoms with Crippen LogP contribution in [0.25, 0.3) is 0 Å². The Morgan fingerprint density at radius 3 is 2.71 bits per heavy atom. The minimum atomic E-state index is -0.847. The predicted molar refractivity (Wildman–Crippen MR) is 60.7 cm³/mol. The summed E-state index contributed by atoms with van der Waals surface area (Å²) in [5.74, 6) is 0.563. The lowest BCUT2D eigenvalue weighted by Crippen LogP contribution is -2.37. The van der Waals surface area contributed by atoms with Crippen LogP contribution in [0.3, 0.4) is 0 Å². The number of hydrogen-bond acceptors (Lipinski definition) is 4. The first-order valence-electron chi connectivity index (χ1n) is 5.32. The van der Waals surface area contributed by atoms with Crippen LogP contribution in [0.1, 0.15) is 24.2 Å². The molecule has 2 N–H and O–H groups in total. The molecular formula is C12H14FN3O. The molecule has 0 fully saturated rings. The highest BCUT2D eigenvalue weighted by molar-refractivity contribution is 5.21. The summed E-state index contributed by atoms with van der Waals surface area (Å²) in [7, 11) is 0. The summed E-state index contributed by atoms with van der Waals surface area (Å²) < 4.78 is 18.4. The maximum atomic E-state index is 13.5. The third-order valence-corrected chi connectivity index (χ3v) is 2.55. The number of rotatable bonds is 3. The molecule has 0 saturated carbocycles. The third kappa shape index (κ3) is 2.50. The maximum absolute atomic E-state index is 13.5. The molecule has 1 atom stereocenters. The van der Waals surface area contributed by atoms with E-state index in [-0.39, 0.29) is 5.82 Å². The Kier molecular flexibility index (Phi) is 2.93. The van der Waals surface area contributed by atoms with Crippen LogP contribution in [-0.4, -0.2) is 10.1 Å². The summed E-state index contributed by atoms with van der Waals surface area (Å²) in [6.07, 6.45) is 0.318. The second-order valence-electron chi connectivity index (χ2n) is 4.32. The zero-order valence-corrected chi connectivity index (χ0v) is 9.77. The lowest BCUT2D eigenvalue weighted by molar-refractivity contribution is 0.362. The van der Waals surface area contributed by atoms with Gasteiger partial charge in [0, 0.05) is 13.3 Å². The van der Waals surface area contributed by atoms with Gasteiger partial charge in [0.25, 0.3) is 0 Å². The molecule has 0 radical (unpaired) electrons. The first-order valence-corrected chi connectivity index (χ1v) is 5.32. The van der Waals surface area contributed by atoms with Gasteiger partial charge in [-0.15, -0.1) is 0 Å². The van der Waals surface area contributed by atoms with Crippen molar-refractivity contribution in [2.24, 2.45) is 5.73 Å². The van der Waals surface area contributed by atoms with E-state index >= 15 is 0 Å². The van der Waals surface area contributed by atoms with Gasteiger partial charge in [-0.05, 0) is 18.6 Å². The van der Waals surface area contributed by atoms with Gasteiger partial charge in [-0.1, -0.05) is 23.4 Å². The molecule has 4 nitrogen and oxygen atoms in total. The largest absolute Gasteiger partial charge is 0.340 e. The van der Waals surface area contributed by atoms with E-state index in [1.165, 1.54) is 6.07 Å². The molecule has 5 heteroatoms. The standard InChI is InChI=1S/C12H14FN3O/c1-8-15-11(16-17-8)12(2,14)7-9-5-3-4-6-10(9)13/h3-6H,7,14H2,1-2H3. The molecule has 1 aromatic heterocycles. The molecule has 0 aliphatic carbocycles. The summed E-state index contributed by atoms with van der Waals surface area (Å²) >= 11 is 0. The van der Waals surface area contributed by atoms with Crippen molar-refractivity contribution in [3.63, 3.8) is 0 Å². The van der Waals surface area contributed by atoms with E-state index in [2.05, 4.69) is 10.1 Å². The van der Waals surface area contributed by atoms with Crippen LogP contribution in [0.15, 0.2) is 28.8 Å². The van der Waals surface area contributed by atoms with Crippen LogP contribution in [0, 0.1) is 12.7 Å². The molecule has 0 amide bonds. The molecule has 0 aliphatic rings. The van der Waals surface area contributed by atoms with Crippen molar-refractivity contribution in [2.75, 3.05) is 0 Å². The molecule has 2 rings (SSSR count). The van der Waals surface area contributed by atoms with Crippen molar-refractivity contribution in [3.8, 4) is 0 Å². The highest BCUT2D eigenvalue weighted by atomic mass is 19.1. The number of halogens is 1. The second kappa shape index (κ2) is 4.25. The molecule has 2 aromatic rings. The second-order valence-corrected chi connectivity index (χ2v) is 4.32. The zero-order chi connectivity index (χ0) is 12.5. The van der Waals surface area contributed by atoms with E-state index in [4.69, 9.17) is 10.3 Å². The minimum absolute atomic E-state index is 0.274. The number of aromatic nitrogens is 2. The van der Waals surface area contributed by atoms with E-state index in [0.29, 0.717) is 23.7 Å². The van der Waals surface area contributed by atoms with E-state index in [1.54, 1.807) is 32.0 Å². The first kappa shape index (κ1) is 11.7. The van der Waals surface area contributed by atoms with Crippen LogP contribution < -0.4 is 5.73 Å². The number of benzene rings is 1. The quantitative estimate of drug-likeness (QED) is 0.882. The lowest BCUT2D eigenvalue weighted by Gasteiger charge is -2.20. The first-order chi connectivity index (χ1) is 7.99. The van der Waals surface area contributed by atoms with Crippen LogP contribution in [0.2, 0.25) is 0 Å². The number of nitrogens with zero attached hydrogens (tertiary/aromatic N) is 2. The van der Waals surface area contributed by atoms with Crippen LogP contribution in [0.5, 0.6) is 0 Å². The normalized spacial score (nSPS) is 14.6. The van der Waals surface area contributed by atoms with E-state index in [9.17, 15) is 4.39 Å². The van der Waals surface area contributed by atoms with Crippen molar-refractivity contribution >= 4 is 0 Å². The molecule has 0 saturated heterocycles. The highest BCUT2D eigenvalue weighted by Crippen LogP contribution is 2.21. The summed E-state index contributed by atoms with van der Waals surface area (Å²) in [5.41, 5.74) is 5.79. The molecule has 0 spiro atoms. The monoisotopic (exact) mass is 235 g/mol. The van der Waals surface area contributed by atoms with E-state index in [1.807, 2.05) is 0 Å². The van der Waals surface area contributed by atoms with Crippen molar-refractivity contribution in [3.05, 3.63) is 47.4 Å². The molecule has 1 aromatic carbocycles. The average Bonchev–Trinajstić information content (AvgIpc) is 2.69. The van der Waals surface area contributed by atoms with E-state index in [0.717, 1.165) is 0 Å². The summed E-state index contributed by atoms with van der Waals surface area (Å²) in [4.78, 5) is 4.08. The van der Waals surface area contributed by atoms with Crippen molar-refractivity contribution in [2.45, 2.75) is 25.8 Å². The van der Waals surface area contributed by atoms with Gasteiger partial charge in [0.05, 0.1) is 5.54 Å². The summed E-state index contributed by atoms with van der Waals surface area (Å²) in [6, 6.07) is 6.53. The molecule has 0 aliphatic heterocycles. The number of hydrogen-bond donors (Lipinski definition) is 1.